The van der Waals surface area contributed by atoms with Gasteiger partial charge in [-0.3, -0.25) is 5.14 Å². The molecule has 0 saturated heterocycles. The topological polar surface area (TPSA) is 43.1 Å². The molecular formula is C7H13F2NOS. The van der Waals surface area contributed by atoms with Gasteiger partial charge in [0.1, 0.15) is 0 Å². The fourth-order valence-corrected chi connectivity index (χ4v) is 2.38. The molecular weight excluding hydrogens is 184 g/mol. The molecule has 2 atom stereocenters. The molecule has 1 rings (SSSR count). The summed E-state index contributed by atoms with van der Waals surface area (Å²) in [6, 6.07) is 0. The van der Waals surface area contributed by atoms with Crippen LogP contribution in [0.2, 0.25) is 0 Å². The van der Waals surface area contributed by atoms with Gasteiger partial charge in [-0.2, -0.15) is 0 Å². The number of rotatable bonds is 2. The Balaban J connectivity index is 2.54. The highest BCUT2D eigenvalue weighted by atomic mass is 32.2. The van der Waals surface area contributed by atoms with E-state index >= 15 is 0 Å². The minimum Gasteiger partial charge on any atom is -0.252 e. The van der Waals surface area contributed by atoms with Crippen LogP contribution >= 0.6 is 0 Å². The molecule has 0 aromatic heterocycles. The maximum absolute atomic E-state index is 13.0. The third-order valence-corrected chi connectivity index (χ3v) is 3.01. The van der Waals surface area contributed by atoms with Crippen molar-refractivity contribution in [3.05, 3.63) is 0 Å². The number of hydrogen-bond acceptors (Lipinski definition) is 1. The van der Waals surface area contributed by atoms with E-state index in [0.717, 1.165) is 6.42 Å². The van der Waals surface area contributed by atoms with Gasteiger partial charge < -0.3 is 0 Å². The summed E-state index contributed by atoms with van der Waals surface area (Å²) in [7, 11) is -1.59. The molecule has 0 spiro atoms. The summed E-state index contributed by atoms with van der Waals surface area (Å²) in [6.45, 7) is 0. The molecule has 1 aliphatic rings. The lowest BCUT2D eigenvalue weighted by atomic mass is 9.87. The van der Waals surface area contributed by atoms with Gasteiger partial charge in [0.15, 0.2) is 0 Å². The lowest BCUT2D eigenvalue weighted by molar-refractivity contribution is -0.0767. The molecule has 0 heterocycles. The molecule has 0 aromatic carbocycles. The average Bonchev–Trinajstić information content (AvgIpc) is 1.92. The van der Waals surface area contributed by atoms with Crippen LogP contribution in [-0.2, 0) is 11.0 Å². The average molecular weight is 197 g/mol. The van der Waals surface area contributed by atoms with E-state index in [1.54, 1.807) is 0 Å². The molecule has 1 fully saturated rings. The van der Waals surface area contributed by atoms with Crippen LogP contribution in [-0.4, -0.2) is 15.9 Å². The summed E-state index contributed by atoms with van der Waals surface area (Å²) in [5.41, 5.74) is 0. The highest BCUT2D eigenvalue weighted by Gasteiger charge is 2.41. The SMILES string of the molecule is NS(=O)CC1CCCCC1(F)F. The molecule has 0 bridgehead atoms. The Labute approximate surface area is 73.1 Å². The number of halogens is 2. The summed E-state index contributed by atoms with van der Waals surface area (Å²) in [4.78, 5) is 0. The van der Waals surface area contributed by atoms with Gasteiger partial charge in [0, 0.05) is 18.1 Å². The molecule has 72 valence electrons. The Morgan fingerprint density at radius 1 is 1.50 bits per heavy atom. The maximum Gasteiger partial charge on any atom is 0.251 e. The van der Waals surface area contributed by atoms with Gasteiger partial charge in [0.2, 0.25) is 0 Å². The van der Waals surface area contributed by atoms with Gasteiger partial charge in [-0.1, -0.05) is 6.42 Å². The Kier molecular flexibility index (Phi) is 3.17. The number of hydrogen-bond donors (Lipinski definition) is 1. The van der Waals surface area contributed by atoms with E-state index in [-0.39, 0.29) is 12.2 Å². The zero-order chi connectivity index (χ0) is 9.19. The van der Waals surface area contributed by atoms with E-state index in [0.29, 0.717) is 12.8 Å². The van der Waals surface area contributed by atoms with Gasteiger partial charge in [0.05, 0.1) is 11.0 Å². The third-order valence-electron chi connectivity index (χ3n) is 2.28. The number of alkyl halides is 2. The summed E-state index contributed by atoms with van der Waals surface area (Å²) in [5, 5.41) is 4.98. The smallest absolute Gasteiger partial charge is 0.251 e. The van der Waals surface area contributed by atoms with Crippen molar-refractivity contribution in [1.82, 2.24) is 0 Å². The van der Waals surface area contributed by atoms with Crippen LogP contribution in [0.15, 0.2) is 0 Å². The van der Waals surface area contributed by atoms with Crippen molar-refractivity contribution in [2.24, 2.45) is 11.1 Å². The van der Waals surface area contributed by atoms with E-state index in [2.05, 4.69) is 0 Å². The molecule has 1 saturated carbocycles. The minimum absolute atomic E-state index is 0.0625. The molecule has 0 amide bonds. The van der Waals surface area contributed by atoms with Crippen LogP contribution in [0.1, 0.15) is 25.7 Å². The fraction of sp³-hybridized carbons (Fsp3) is 1.00. The van der Waals surface area contributed by atoms with Crippen molar-refractivity contribution in [3.8, 4) is 0 Å². The van der Waals surface area contributed by atoms with Crippen molar-refractivity contribution in [2.75, 3.05) is 5.75 Å². The molecule has 0 aliphatic heterocycles. The molecule has 5 heteroatoms. The highest BCUT2D eigenvalue weighted by Crippen LogP contribution is 2.38. The van der Waals surface area contributed by atoms with E-state index < -0.39 is 22.8 Å². The van der Waals surface area contributed by atoms with Crippen LogP contribution in [0.25, 0.3) is 0 Å². The van der Waals surface area contributed by atoms with Crippen molar-refractivity contribution < 1.29 is 13.0 Å². The number of nitrogens with two attached hydrogens (primary N) is 1. The minimum atomic E-state index is -2.65. The van der Waals surface area contributed by atoms with E-state index in [1.807, 2.05) is 0 Å². The lowest BCUT2D eigenvalue weighted by Crippen LogP contribution is -2.36. The van der Waals surface area contributed by atoms with E-state index in [1.165, 1.54) is 0 Å². The van der Waals surface area contributed by atoms with Crippen molar-refractivity contribution in [3.63, 3.8) is 0 Å². The van der Waals surface area contributed by atoms with Crippen LogP contribution in [0.5, 0.6) is 0 Å². The Morgan fingerprint density at radius 3 is 2.67 bits per heavy atom. The van der Waals surface area contributed by atoms with Crippen molar-refractivity contribution in [2.45, 2.75) is 31.6 Å². The Bertz CT molecular complexity index is 186. The first kappa shape index (κ1) is 10.1. The van der Waals surface area contributed by atoms with Crippen LogP contribution in [0.3, 0.4) is 0 Å². The normalized spacial score (nSPS) is 31.4. The van der Waals surface area contributed by atoms with Crippen LogP contribution in [0, 0.1) is 5.92 Å². The van der Waals surface area contributed by atoms with Crippen molar-refractivity contribution in [1.29, 1.82) is 0 Å². The second-order valence-electron chi connectivity index (χ2n) is 3.25. The third kappa shape index (κ3) is 2.48. The summed E-state index contributed by atoms with van der Waals surface area (Å²) >= 11 is 0. The highest BCUT2D eigenvalue weighted by molar-refractivity contribution is 7.82. The van der Waals surface area contributed by atoms with Gasteiger partial charge in [-0.05, 0) is 12.8 Å². The molecule has 1 aliphatic carbocycles. The van der Waals surface area contributed by atoms with Crippen LogP contribution < -0.4 is 5.14 Å². The monoisotopic (exact) mass is 197 g/mol. The second-order valence-corrected chi connectivity index (χ2v) is 4.35. The quantitative estimate of drug-likeness (QED) is 0.715. The molecule has 12 heavy (non-hydrogen) atoms. The molecule has 2 nitrogen and oxygen atoms in total. The van der Waals surface area contributed by atoms with E-state index in [9.17, 15) is 13.0 Å². The predicted molar refractivity (Wildman–Crippen MR) is 44.1 cm³/mol. The van der Waals surface area contributed by atoms with Gasteiger partial charge >= 0.3 is 0 Å². The molecule has 0 aromatic rings. The first-order valence-corrected chi connectivity index (χ1v) is 5.41. The zero-order valence-corrected chi connectivity index (χ0v) is 7.58. The first-order chi connectivity index (χ1) is 5.52. The van der Waals surface area contributed by atoms with Crippen LogP contribution in [0.4, 0.5) is 8.78 Å². The Hall–Kier alpha value is -0.0300. The zero-order valence-electron chi connectivity index (χ0n) is 6.76. The largest absolute Gasteiger partial charge is 0.252 e. The molecule has 2 N–H and O–H groups in total. The lowest BCUT2D eigenvalue weighted by Gasteiger charge is -2.30. The first-order valence-electron chi connectivity index (χ1n) is 4.03. The van der Waals surface area contributed by atoms with E-state index in [4.69, 9.17) is 5.14 Å². The molecule has 0 radical (unpaired) electrons. The summed E-state index contributed by atoms with van der Waals surface area (Å²) in [6.07, 6.45) is 1.75. The van der Waals surface area contributed by atoms with Gasteiger partial charge in [-0.25, -0.2) is 13.0 Å². The predicted octanol–water partition coefficient (Wildman–Crippen LogP) is 1.43. The maximum atomic E-state index is 13.0. The summed E-state index contributed by atoms with van der Waals surface area (Å²) in [5.74, 6) is -3.47. The summed E-state index contributed by atoms with van der Waals surface area (Å²) < 4.78 is 36.6. The Morgan fingerprint density at radius 2 is 2.17 bits per heavy atom. The van der Waals surface area contributed by atoms with Crippen molar-refractivity contribution >= 4 is 11.0 Å². The molecule has 2 unspecified atom stereocenters. The second kappa shape index (κ2) is 3.79. The van der Waals surface area contributed by atoms with Gasteiger partial charge in [-0.15, -0.1) is 0 Å². The fourth-order valence-electron chi connectivity index (χ4n) is 1.57. The van der Waals surface area contributed by atoms with Gasteiger partial charge in [0.25, 0.3) is 5.92 Å². The standard InChI is InChI=1S/C7H13F2NOS/c8-7(9)4-2-1-3-6(7)5-12(10)11/h6H,1-5,10H2.